The molecule has 3 heteroatoms. The predicted molar refractivity (Wildman–Crippen MR) is 65.1 cm³/mol. The van der Waals surface area contributed by atoms with Crippen molar-refractivity contribution in [2.24, 2.45) is 0 Å². The Hall–Kier alpha value is -1.61. The lowest BCUT2D eigenvalue weighted by Crippen LogP contribution is -2.22. The lowest BCUT2D eigenvalue weighted by Gasteiger charge is -2.19. The van der Waals surface area contributed by atoms with Gasteiger partial charge in [0, 0.05) is 17.6 Å². The molecule has 0 bridgehead atoms. The first-order chi connectivity index (χ1) is 8.16. The van der Waals surface area contributed by atoms with Crippen molar-refractivity contribution in [2.45, 2.75) is 25.9 Å². The van der Waals surface area contributed by atoms with E-state index in [-0.39, 0.29) is 17.9 Å². The van der Waals surface area contributed by atoms with Crippen molar-refractivity contribution >= 4 is 0 Å². The zero-order valence-electron chi connectivity index (χ0n) is 9.98. The summed E-state index contributed by atoms with van der Waals surface area (Å²) < 4.78 is 18.1. The number of hydrogen-bond donors (Lipinski definition) is 1. The molecule has 1 aromatic carbocycles. The summed E-state index contributed by atoms with van der Waals surface area (Å²) in [6, 6.07) is 8.85. The lowest BCUT2D eigenvalue weighted by molar-refractivity contribution is 0.484. The van der Waals surface area contributed by atoms with Crippen molar-refractivity contribution in [1.29, 1.82) is 0 Å². The van der Waals surface area contributed by atoms with Crippen LogP contribution in [0.1, 0.15) is 37.1 Å². The zero-order chi connectivity index (χ0) is 12.3. The summed E-state index contributed by atoms with van der Waals surface area (Å²) in [6.45, 7) is 4.08. The molecule has 90 valence electrons. The minimum absolute atomic E-state index is 0.0931. The molecule has 0 aliphatic rings. The van der Waals surface area contributed by atoms with E-state index in [0.29, 0.717) is 0 Å². The first kappa shape index (κ1) is 11.9. The van der Waals surface area contributed by atoms with Gasteiger partial charge in [0.1, 0.15) is 5.82 Å². The molecule has 0 spiro atoms. The quantitative estimate of drug-likeness (QED) is 0.868. The summed E-state index contributed by atoms with van der Waals surface area (Å²) >= 11 is 0. The number of nitrogens with one attached hydrogen (secondary N) is 1. The van der Waals surface area contributed by atoms with E-state index in [1.165, 1.54) is 6.07 Å². The molecule has 1 unspecified atom stereocenters. The Morgan fingerprint density at radius 1 is 1.12 bits per heavy atom. The summed E-state index contributed by atoms with van der Waals surface area (Å²) in [6.07, 6.45) is 3.37. The molecule has 2 aromatic rings. The maximum atomic E-state index is 13.1. The Kier molecular flexibility index (Phi) is 3.59. The topological polar surface area (TPSA) is 25.2 Å². The normalized spacial score (nSPS) is 14.5. The Labute approximate surface area is 100 Å². The number of furan rings is 1. The van der Waals surface area contributed by atoms with Gasteiger partial charge < -0.3 is 9.73 Å². The Bertz CT molecular complexity index is 467. The van der Waals surface area contributed by atoms with E-state index in [4.69, 9.17) is 4.42 Å². The molecule has 1 N–H and O–H groups in total. The standard InChI is InChI=1S/C14H16FNO/c1-10(12-4-3-5-14(15)8-12)16-11(2)13-6-7-17-9-13/h3-11,16H,1-2H3/t10-,11?/m0/s1. The fourth-order valence-electron chi connectivity index (χ4n) is 1.86. The molecule has 2 rings (SSSR count). The van der Waals surface area contributed by atoms with E-state index in [1.807, 2.05) is 19.1 Å². The predicted octanol–water partition coefficient (Wildman–Crippen LogP) is 3.83. The number of rotatable bonds is 4. The van der Waals surface area contributed by atoms with Crippen molar-refractivity contribution in [3.05, 3.63) is 59.8 Å². The van der Waals surface area contributed by atoms with Gasteiger partial charge in [-0.1, -0.05) is 12.1 Å². The largest absolute Gasteiger partial charge is 0.472 e. The molecule has 2 atom stereocenters. The third kappa shape index (κ3) is 2.94. The number of hydrogen-bond acceptors (Lipinski definition) is 2. The maximum absolute atomic E-state index is 13.1. The van der Waals surface area contributed by atoms with Gasteiger partial charge in [0.05, 0.1) is 12.5 Å². The minimum Gasteiger partial charge on any atom is -0.472 e. The molecule has 0 aliphatic carbocycles. The summed E-state index contributed by atoms with van der Waals surface area (Å²) in [7, 11) is 0. The van der Waals surface area contributed by atoms with Gasteiger partial charge in [0.2, 0.25) is 0 Å². The van der Waals surface area contributed by atoms with Crippen LogP contribution in [0.3, 0.4) is 0 Å². The van der Waals surface area contributed by atoms with Crippen LogP contribution in [-0.4, -0.2) is 0 Å². The summed E-state index contributed by atoms with van der Waals surface area (Å²) in [5.41, 5.74) is 2.04. The van der Waals surface area contributed by atoms with Crippen LogP contribution in [0.5, 0.6) is 0 Å². The number of benzene rings is 1. The highest BCUT2D eigenvalue weighted by molar-refractivity contribution is 5.20. The molecule has 0 saturated heterocycles. The van der Waals surface area contributed by atoms with Crippen molar-refractivity contribution in [2.75, 3.05) is 0 Å². The SMILES string of the molecule is CC(N[C@@H](C)c1cccc(F)c1)c1ccoc1. The highest BCUT2D eigenvalue weighted by atomic mass is 19.1. The highest BCUT2D eigenvalue weighted by Crippen LogP contribution is 2.19. The first-order valence-electron chi connectivity index (χ1n) is 5.70. The molecule has 0 aliphatic heterocycles. The molecule has 0 radical (unpaired) electrons. The van der Waals surface area contributed by atoms with Crippen LogP contribution in [0.25, 0.3) is 0 Å². The molecule has 17 heavy (non-hydrogen) atoms. The fraction of sp³-hybridized carbons (Fsp3) is 0.286. The van der Waals surface area contributed by atoms with Crippen LogP contribution in [0.4, 0.5) is 4.39 Å². The Morgan fingerprint density at radius 2 is 1.88 bits per heavy atom. The fourth-order valence-corrected chi connectivity index (χ4v) is 1.86. The van der Waals surface area contributed by atoms with Gasteiger partial charge in [-0.15, -0.1) is 0 Å². The second-order valence-corrected chi connectivity index (χ2v) is 4.22. The van der Waals surface area contributed by atoms with Crippen LogP contribution in [-0.2, 0) is 0 Å². The van der Waals surface area contributed by atoms with E-state index in [2.05, 4.69) is 12.2 Å². The summed E-state index contributed by atoms with van der Waals surface area (Å²) in [4.78, 5) is 0. The minimum atomic E-state index is -0.202. The van der Waals surface area contributed by atoms with Gasteiger partial charge in [-0.25, -0.2) is 4.39 Å². The highest BCUT2D eigenvalue weighted by Gasteiger charge is 2.12. The van der Waals surface area contributed by atoms with E-state index >= 15 is 0 Å². The van der Waals surface area contributed by atoms with Crippen LogP contribution in [0, 0.1) is 5.82 Å². The molecule has 1 aromatic heterocycles. The molecular formula is C14H16FNO. The second-order valence-electron chi connectivity index (χ2n) is 4.22. The smallest absolute Gasteiger partial charge is 0.123 e. The van der Waals surface area contributed by atoms with Crippen molar-refractivity contribution < 1.29 is 8.81 Å². The van der Waals surface area contributed by atoms with Gasteiger partial charge in [-0.2, -0.15) is 0 Å². The van der Waals surface area contributed by atoms with Gasteiger partial charge in [0.25, 0.3) is 0 Å². The van der Waals surface area contributed by atoms with Gasteiger partial charge in [-0.05, 0) is 37.6 Å². The van der Waals surface area contributed by atoms with Crippen molar-refractivity contribution in [1.82, 2.24) is 5.32 Å². The van der Waals surface area contributed by atoms with E-state index < -0.39 is 0 Å². The van der Waals surface area contributed by atoms with Crippen molar-refractivity contribution in [3.63, 3.8) is 0 Å². The van der Waals surface area contributed by atoms with E-state index in [1.54, 1.807) is 24.7 Å². The van der Waals surface area contributed by atoms with Crippen LogP contribution < -0.4 is 5.32 Å². The average molecular weight is 233 g/mol. The second kappa shape index (κ2) is 5.15. The third-order valence-electron chi connectivity index (χ3n) is 2.89. The van der Waals surface area contributed by atoms with Crippen LogP contribution >= 0.6 is 0 Å². The van der Waals surface area contributed by atoms with Gasteiger partial charge in [-0.3, -0.25) is 0 Å². The molecule has 0 saturated carbocycles. The molecule has 0 fully saturated rings. The molecular weight excluding hydrogens is 217 g/mol. The van der Waals surface area contributed by atoms with Gasteiger partial charge in [0.15, 0.2) is 0 Å². The van der Waals surface area contributed by atoms with E-state index in [9.17, 15) is 4.39 Å². The first-order valence-corrected chi connectivity index (χ1v) is 5.70. The summed E-state index contributed by atoms with van der Waals surface area (Å²) in [5.74, 6) is -0.202. The van der Waals surface area contributed by atoms with Crippen LogP contribution in [0.2, 0.25) is 0 Å². The molecule has 1 heterocycles. The lowest BCUT2D eigenvalue weighted by atomic mass is 10.1. The molecule has 0 amide bonds. The number of halogens is 1. The average Bonchev–Trinajstić information content (AvgIpc) is 2.82. The van der Waals surface area contributed by atoms with Gasteiger partial charge >= 0.3 is 0 Å². The monoisotopic (exact) mass is 233 g/mol. The molecule has 2 nitrogen and oxygen atoms in total. The van der Waals surface area contributed by atoms with Crippen molar-refractivity contribution in [3.8, 4) is 0 Å². The Balaban J connectivity index is 2.04. The van der Waals surface area contributed by atoms with E-state index in [0.717, 1.165) is 11.1 Å². The maximum Gasteiger partial charge on any atom is 0.123 e. The Morgan fingerprint density at radius 3 is 2.53 bits per heavy atom. The zero-order valence-corrected chi connectivity index (χ0v) is 9.98. The third-order valence-corrected chi connectivity index (χ3v) is 2.89. The summed E-state index contributed by atoms with van der Waals surface area (Å²) in [5, 5.41) is 3.40. The van der Waals surface area contributed by atoms with Crippen LogP contribution in [0.15, 0.2) is 47.3 Å².